The first-order valence-electron chi connectivity index (χ1n) is 5.72. The summed E-state index contributed by atoms with van der Waals surface area (Å²) < 4.78 is 14.7. The first kappa shape index (κ1) is 10.5. The van der Waals surface area contributed by atoms with E-state index in [-0.39, 0.29) is 17.8 Å². The normalized spacial score (nSPS) is 17.3. The van der Waals surface area contributed by atoms with Gasteiger partial charge in [0.25, 0.3) is 0 Å². The first-order valence-corrected chi connectivity index (χ1v) is 5.72. The molecule has 1 aromatic carbocycles. The molecule has 0 saturated carbocycles. The number of rotatable bonds is 2. The van der Waals surface area contributed by atoms with Gasteiger partial charge in [-0.15, -0.1) is 0 Å². The second-order valence-corrected chi connectivity index (χ2v) is 4.44. The second kappa shape index (κ2) is 3.67. The van der Waals surface area contributed by atoms with Crippen molar-refractivity contribution in [1.82, 2.24) is 9.47 Å². The summed E-state index contributed by atoms with van der Waals surface area (Å²) >= 11 is 0. The van der Waals surface area contributed by atoms with Crippen molar-refractivity contribution in [3.8, 4) is 0 Å². The molecule has 3 rings (SSSR count). The molecule has 4 heteroatoms. The number of fused-ring (bicyclic) bond motifs is 1. The highest BCUT2D eigenvalue weighted by atomic mass is 19.1. The molecule has 3 nitrogen and oxygen atoms in total. The van der Waals surface area contributed by atoms with Crippen LogP contribution in [0.3, 0.4) is 0 Å². The summed E-state index contributed by atoms with van der Waals surface area (Å²) in [6.07, 6.45) is 1.71. The number of carbonyl (C=O) groups is 1. The van der Waals surface area contributed by atoms with Gasteiger partial charge in [-0.1, -0.05) is 0 Å². The highest BCUT2D eigenvalue weighted by Gasteiger charge is 2.30. The smallest absolute Gasteiger partial charge is 0.248 e. The summed E-state index contributed by atoms with van der Waals surface area (Å²) in [5.74, 6) is -0.231. The molecule has 1 fully saturated rings. The number of nitrogens with zero attached hydrogens (tertiary/aromatic N) is 2. The summed E-state index contributed by atoms with van der Waals surface area (Å²) in [4.78, 5) is 14.3. The van der Waals surface area contributed by atoms with Crippen molar-refractivity contribution in [1.29, 1.82) is 0 Å². The lowest BCUT2D eigenvalue weighted by molar-refractivity contribution is 0.0842. The van der Waals surface area contributed by atoms with Gasteiger partial charge in [-0.25, -0.2) is 4.39 Å². The molecule has 1 atom stereocenters. The fourth-order valence-electron chi connectivity index (χ4n) is 2.11. The van der Waals surface area contributed by atoms with Gasteiger partial charge in [0.2, 0.25) is 5.91 Å². The fraction of sp³-hybridized carbons (Fsp3) is 0.308. The van der Waals surface area contributed by atoms with Crippen molar-refractivity contribution in [2.75, 3.05) is 13.1 Å². The Bertz CT molecular complexity index is 586. The molecule has 0 bridgehead atoms. The zero-order chi connectivity index (χ0) is 12.0. The SMILES string of the molecule is C[C@@H](C(=O)n1ccc2cc(F)ccc21)N1CC1. The van der Waals surface area contributed by atoms with Gasteiger partial charge in [-0.2, -0.15) is 0 Å². The van der Waals surface area contributed by atoms with Crippen LogP contribution >= 0.6 is 0 Å². The van der Waals surface area contributed by atoms with Crippen molar-refractivity contribution in [2.45, 2.75) is 13.0 Å². The van der Waals surface area contributed by atoms with Crippen LogP contribution in [0.15, 0.2) is 30.5 Å². The Morgan fingerprint density at radius 1 is 1.35 bits per heavy atom. The van der Waals surface area contributed by atoms with E-state index in [4.69, 9.17) is 0 Å². The summed E-state index contributed by atoms with van der Waals surface area (Å²) in [7, 11) is 0. The number of carbonyl (C=O) groups excluding carboxylic acids is 1. The minimum Gasteiger partial charge on any atom is -0.290 e. The van der Waals surface area contributed by atoms with Crippen molar-refractivity contribution in [3.05, 3.63) is 36.3 Å². The number of halogens is 1. The molecule has 0 amide bonds. The average molecular weight is 232 g/mol. The van der Waals surface area contributed by atoms with Crippen LogP contribution < -0.4 is 0 Å². The highest BCUT2D eigenvalue weighted by molar-refractivity contribution is 5.94. The van der Waals surface area contributed by atoms with E-state index in [0.29, 0.717) is 0 Å². The van der Waals surface area contributed by atoms with Crippen LogP contribution in [0.1, 0.15) is 11.7 Å². The Kier molecular flexibility index (Phi) is 2.26. The Hall–Kier alpha value is -1.68. The van der Waals surface area contributed by atoms with Crippen molar-refractivity contribution < 1.29 is 9.18 Å². The van der Waals surface area contributed by atoms with Crippen LogP contribution in [0.4, 0.5) is 4.39 Å². The summed E-state index contributed by atoms with van der Waals surface area (Å²) in [6, 6.07) is 6.15. The van der Waals surface area contributed by atoms with Gasteiger partial charge in [-0.05, 0) is 31.2 Å². The lowest BCUT2D eigenvalue weighted by atomic mass is 10.2. The van der Waals surface area contributed by atoms with Crippen molar-refractivity contribution >= 4 is 16.8 Å². The van der Waals surface area contributed by atoms with Gasteiger partial charge < -0.3 is 0 Å². The van der Waals surface area contributed by atoms with Crippen molar-refractivity contribution in [3.63, 3.8) is 0 Å². The quantitative estimate of drug-likeness (QED) is 0.741. The topological polar surface area (TPSA) is 25.0 Å². The van der Waals surface area contributed by atoms with E-state index < -0.39 is 0 Å². The van der Waals surface area contributed by atoms with Crippen LogP contribution in [0.25, 0.3) is 10.9 Å². The molecule has 0 spiro atoms. The maximum atomic E-state index is 13.0. The third-order valence-electron chi connectivity index (χ3n) is 3.28. The molecule has 0 unspecified atom stereocenters. The molecular formula is C13H13FN2O. The van der Waals surface area contributed by atoms with Gasteiger partial charge in [-0.3, -0.25) is 14.3 Å². The molecule has 2 aromatic rings. The Labute approximate surface area is 98.4 Å². The molecule has 1 saturated heterocycles. The summed E-state index contributed by atoms with van der Waals surface area (Å²) in [5, 5.41) is 0.761. The van der Waals surface area contributed by atoms with E-state index in [1.807, 2.05) is 6.92 Å². The van der Waals surface area contributed by atoms with Crippen LogP contribution in [0.5, 0.6) is 0 Å². The predicted octanol–water partition coefficient (Wildman–Crippen LogP) is 2.12. The van der Waals surface area contributed by atoms with Gasteiger partial charge in [0, 0.05) is 24.7 Å². The monoisotopic (exact) mass is 232 g/mol. The fourth-order valence-corrected chi connectivity index (χ4v) is 2.11. The lowest BCUT2D eigenvalue weighted by Crippen LogP contribution is -2.30. The van der Waals surface area contributed by atoms with Crippen LogP contribution in [0.2, 0.25) is 0 Å². The largest absolute Gasteiger partial charge is 0.290 e. The molecule has 88 valence electrons. The maximum absolute atomic E-state index is 13.0. The van der Waals surface area contributed by atoms with Crippen LogP contribution in [-0.2, 0) is 0 Å². The molecule has 0 radical (unpaired) electrons. The third-order valence-corrected chi connectivity index (χ3v) is 3.28. The summed E-state index contributed by atoms with van der Waals surface area (Å²) in [6.45, 7) is 3.88. The third kappa shape index (κ3) is 1.74. The Balaban J connectivity index is 2.02. The Morgan fingerprint density at radius 3 is 2.82 bits per heavy atom. The zero-order valence-electron chi connectivity index (χ0n) is 9.56. The van der Waals surface area contributed by atoms with E-state index >= 15 is 0 Å². The number of hydrogen-bond donors (Lipinski definition) is 0. The molecule has 2 heterocycles. The molecule has 1 aliphatic rings. The molecule has 17 heavy (non-hydrogen) atoms. The van der Waals surface area contributed by atoms with Gasteiger partial charge in [0.05, 0.1) is 11.6 Å². The predicted molar refractivity (Wildman–Crippen MR) is 63.6 cm³/mol. The molecule has 0 N–H and O–H groups in total. The first-order chi connectivity index (χ1) is 8.16. The number of aromatic nitrogens is 1. The molecule has 0 aliphatic carbocycles. The number of benzene rings is 1. The Morgan fingerprint density at radius 2 is 2.12 bits per heavy atom. The van der Waals surface area contributed by atoms with E-state index in [1.165, 1.54) is 12.1 Å². The summed E-state index contributed by atoms with van der Waals surface area (Å²) in [5.41, 5.74) is 0.769. The standard InChI is InChI=1S/C13H13FN2O/c1-9(15-6-7-15)13(17)16-5-4-10-8-11(14)2-3-12(10)16/h2-5,8-9H,6-7H2,1H3/t9-/m0/s1. The van der Waals surface area contributed by atoms with E-state index in [0.717, 1.165) is 24.0 Å². The molecule has 1 aromatic heterocycles. The van der Waals surface area contributed by atoms with Crippen molar-refractivity contribution in [2.24, 2.45) is 0 Å². The average Bonchev–Trinajstić information content (AvgIpc) is 3.08. The molecule has 1 aliphatic heterocycles. The van der Waals surface area contributed by atoms with E-state index in [9.17, 15) is 9.18 Å². The minimum absolute atomic E-state index is 0.0455. The van der Waals surface area contributed by atoms with Gasteiger partial charge in [0.1, 0.15) is 5.82 Å². The minimum atomic E-state index is -0.276. The highest BCUT2D eigenvalue weighted by Crippen LogP contribution is 2.19. The lowest BCUT2D eigenvalue weighted by Gasteiger charge is -2.12. The van der Waals surface area contributed by atoms with Gasteiger partial charge in [0.15, 0.2) is 0 Å². The second-order valence-electron chi connectivity index (χ2n) is 4.44. The zero-order valence-corrected chi connectivity index (χ0v) is 9.56. The maximum Gasteiger partial charge on any atom is 0.248 e. The van der Waals surface area contributed by atoms with Gasteiger partial charge >= 0.3 is 0 Å². The van der Waals surface area contributed by atoms with E-state index in [2.05, 4.69) is 4.90 Å². The van der Waals surface area contributed by atoms with Crippen LogP contribution in [-0.4, -0.2) is 34.5 Å². The number of hydrogen-bond acceptors (Lipinski definition) is 2. The molecular weight excluding hydrogens is 219 g/mol. The van der Waals surface area contributed by atoms with E-state index in [1.54, 1.807) is 22.9 Å². The van der Waals surface area contributed by atoms with Crippen LogP contribution in [0, 0.1) is 5.82 Å².